The van der Waals surface area contributed by atoms with E-state index < -0.39 is 41.6 Å². The Hall–Kier alpha value is -3.49. The van der Waals surface area contributed by atoms with Gasteiger partial charge in [-0.25, -0.2) is 13.6 Å². The van der Waals surface area contributed by atoms with Crippen LogP contribution in [-0.4, -0.2) is 30.9 Å². The molecule has 2 unspecified atom stereocenters. The van der Waals surface area contributed by atoms with Crippen molar-refractivity contribution in [1.82, 2.24) is 16.0 Å². The number of rotatable bonds is 7. The van der Waals surface area contributed by atoms with Gasteiger partial charge in [-0.2, -0.15) is 0 Å². The molecule has 0 spiro atoms. The Morgan fingerprint density at radius 2 is 1.53 bits per heavy atom. The van der Waals surface area contributed by atoms with Crippen LogP contribution in [0.4, 0.5) is 19.3 Å². The quantitative estimate of drug-likeness (QED) is 0.556. The highest BCUT2D eigenvalue weighted by Gasteiger charge is 2.29. The molecule has 0 saturated heterocycles. The largest absolute Gasteiger partial charge is 0.357 e. The summed E-state index contributed by atoms with van der Waals surface area (Å²) < 4.78 is 26.9. The molecule has 0 aromatic heterocycles. The van der Waals surface area contributed by atoms with Crippen LogP contribution >= 0.6 is 0 Å². The third-order valence-electron chi connectivity index (χ3n) is 4.34. The third-order valence-corrected chi connectivity index (χ3v) is 4.34. The van der Waals surface area contributed by atoms with E-state index in [1.165, 1.54) is 13.1 Å². The van der Waals surface area contributed by atoms with Gasteiger partial charge in [0.05, 0.1) is 0 Å². The molecular weight excluding hydrogens is 394 g/mol. The lowest BCUT2D eigenvalue weighted by Crippen LogP contribution is -2.53. The Bertz CT molecular complexity index is 906. The number of likely N-dealkylation sites (N-methyl/N-ethyl adjacent to an activating group) is 1. The molecule has 0 bridgehead atoms. The first kappa shape index (κ1) is 22.8. The van der Waals surface area contributed by atoms with Crippen LogP contribution in [0.3, 0.4) is 0 Å². The molecule has 2 rings (SSSR count). The molecule has 2 aromatic rings. The maximum absolute atomic E-state index is 13.6. The molecule has 7 nitrogen and oxygen atoms in total. The second-order valence-electron chi connectivity index (χ2n) is 6.92. The predicted molar refractivity (Wildman–Crippen MR) is 109 cm³/mol. The molecule has 2 aromatic carbocycles. The van der Waals surface area contributed by atoms with E-state index in [9.17, 15) is 23.2 Å². The Kier molecular flexibility index (Phi) is 7.85. The second kappa shape index (κ2) is 10.3. The zero-order valence-corrected chi connectivity index (χ0v) is 16.8. The lowest BCUT2D eigenvalue weighted by molar-refractivity contribution is -0.130. The summed E-state index contributed by atoms with van der Waals surface area (Å²) in [4.78, 5) is 37.4. The lowest BCUT2D eigenvalue weighted by Gasteiger charge is -2.25. The van der Waals surface area contributed by atoms with Crippen LogP contribution in [0, 0.1) is 17.6 Å². The first-order chi connectivity index (χ1) is 14.2. The molecule has 4 amide bonds. The molecule has 0 saturated carbocycles. The van der Waals surface area contributed by atoms with Crippen LogP contribution in [0.2, 0.25) is 0 Å². The van der Waals surface area contributed by atoms with Crippen LogP contribution in [0.15, 0.2) is 48.5 Å². The monoisotopic (exact) mass is 418 g/mol. The van der Waals surface area contributed by atoms with Gasteiger partial charge in [-0.1, -0.05) is 38.1 Å². The van der Waals surface area contributed by atoms with Crippen LogP contribution in [0.25, 0.3) is 0 Å². The van der Waals surface area contributed by atoms with Crippen molar-refractivity contribution in [2.24, 2.45) is 5.92 Å². The van der Waals surface area contributed by atoms with Crippen molar-refractivity contribution in [3.05, 3.63) is 65.7 Å². The third kappa shape index (κ3) is 6.00. The molecule has 0 heterocycles. The number of anilines is 1. The maximum atomic E-state index is 13.6. The Balaban J connectivity index is 2.16. The second-order valence-corrected chi connectivity index (χ2v) is 6.92. The number of nitrogens with one attached hydrogen (secondary N) is 4. The summed E-state index contributed by atoms with van der Waals surface area (Å²) in [6, 6.07) is 8.75. The molecule has 0 radical (unpaired) electrons. The summed E-state index contributed by atoms with van der Waals surface area (Å²) in [6.45, 7) is 3.44. The molecule has 2 atom stereocenters. The molecule has 4 N–H and O–H groups in total. The van der Waals surface area contributed by atoms with Gasteiger partial charge in [-0.05, 0) is 35.7 Å². The number of urea groups is 1. The van der Waals surface area contributed by atoms with Gasteiger partial charge in [0.1, 0.15) is 12.1 Å². The van der Waals surface area contributed by atoms with E-state index in [4.69, 9.17) is 0 Å². The number of carbonyl (C=O) groups is 3. The van der Waals surface area contributed by atoms with E-state index in [2.05, 4.69) is 21.3 Å². The van der Waals surface area contributed by atoms with Crippen LogP contribution < -0.4 is 21.3 Å². The average Bonchev–Trinajstić information content (AvgIpc) is 2.72. The van der Waals surface area contributed by atoms with E-state index in [0.29, 0.717) is 5.69 Å². The minimum atomic E-state index is -1.27. The molecule has 0 aliphatic heterocycles. The van der Waals surface area contributed by atoms with E-state index in [0.717, 1.165) is 12.1 Å². The van der Waals surface area contributed by atoms with Crippen molar-refractivity contribution < 1.29 is 23.2 Å². The molecule has 9 heteroatoms. The summed E-state index contributed by atoms with van der Waals surface area (Å²) >= 11 is 0. The van der Waals surface area contributed by atoms with Crippen molar-refractivity contribution in [2.75, 3.05) is 12.4 Å². The van der Waals surface area contributed by atoms with Gasteiger partial charge >= 0.3 is 6.03 Å². The van der Waals surface area contributed by atoms with E-state index in [1.807, 2.05) is 0 Å². The predicted octanol–water partition coefficient (Wildman–Crippen LogP) is 2.71. The summed E-state index contributed by atoms with van der Waals surface area (Å²) in [5.41, 5.74) is 0.612. The average molecular weight is 418 g/mol. The Labute approximate surface area is 173 Å². The van der Waals surface area contributed by atoms with Gasteiger partial charge in [0.15, 0.2) is 11.6 Å². The normalized spacial score (nSPS) is 12.6. The number of halogens is 2. The lowest BCUT2D eigenvalue weighted by atomic mass is 10.0. The van der Waals surface area contributed by atoms with E-state index >= 15 is 0 Å². The van der Waals surface area contributed by atoms with Gasteiger partial charge in [-0.3, -0.25) is 9.59 Å². The van der Waals surface area contributed by atoms with Crippen LogP contribution in [0.1, 0.15) is 25.5 Å². The first-order valence-electron chi connectivity index (χ1n) is 9.32. The summed E-state index contributed by atoms with van der Waals surface area (Å²) in [5.74, 6) is -3.80. The summed E-state index contributed by atoms with van der Waals surface area (Å²) in [6.07, 6.45) is 0. The molecule has 0 aliphatic rings. The minimum Gasteiger partial charge on any atom is -0.357 e. The topological polar surface area (TPSA) is 99.3 Å². The van der Waals surface area contributed by atoms with E-state index in [1.54, 1.807) is 44.2 Å². The number of carbonyl (C=O) groups excluding carboxylic acids is 3. The van der Waals surface area contributed by atoms with Crippen molar-refractivity contribution >= 4 is 23.5 Å². The van der Waals surface area contributed by atoms with Gasteiger partial charge < -0.3 is 21.3 Å². The minimum absolute atomic E-state index is 0.0674. The van der Waals surface area contributed by atoms with Crippen molar-refractivity contribution in [2.45, 2.75) is 25.9 Å². The zero-order chi connectivity index (χ0) is 22.3. The molecule has 30 heavy (non-hydrogen) atoms. The Morgan fingerprint density at radius 3 is 2.10 bits per heavy atom. The van der Waals surface area contributed by atoms with Gasteiger partial charge in [0.25, 0.3) is 0 Å². The standard InChI is InChI=1S/C21H24F2N4O3/c1-12(2)17(27-21(30)25-14-7-5-4-6-8-14)20(29)26-18(19(28)24-3)13-9-10-15(22)16(23)11-13/h4-12,17-18H,1-3H3,(H,24,28)(H,26,29)(H2,25,27,30). The molecular formula is C21H24F2N4O3. The number of hydrogen-bond donors (Lipinski definition) is 4. The van der Waals surface area contributed by atoms with Crippen LogP contribution in [-0.2, 0) is 9.59 Å². The highest BCUT2D eigenvalue weighted by atomic mass is 19.2. The van der Waals surface area contributed by atoms with Crippen LogP contribution in [0.5, 0.6) is 0 Å². The zero-order valence-electron chi connectivity index (χ0n) is 16.8. The maximum Gasteiger partial charge on any atom is 0.319 e. The van der Waals surface area contributed by atoms with Crippen molar-refractivity contribution in [3.8, 4) is 0 Å². The fraction of sp³-hybridized carbons (Fsp3) is 0.286. The van der Waals surface area contributed by atoms with Crippen molar-refractivity contribution in [1.29, 1.82) is 0 Å². The van der Waals surface area contributed by atoms with Gasteiger partial charge in [0, 0.05) is 12.7 Å². The van der Waals surface area contributed by atoms with E-state index in [-0.39, 0.29) is 11.5 Å². The molecule has 0 aliphatic carbocycles. The number of benzene rings is 2. The smallest absolute Gasteiger partial charge is 0.319 e. The number of para-hydroxylation sites is 1. The number of amides is 4. The SMILES string of the molecule is CNC(=O)C(NC(=O)C(NC(=O)Nc1ccccc1)C(C)C)c1ccc(F)c(F)c1. The van der Waals surface area contributed by atoms with Gasteiger partial charge in [-0.15, -0.1) is 0 Å². The molecule has 160 valence electrons. The Morgan fingerprint density at radius 1 is 0.867 bits per heavy atom. The number of hydrogen-bond acceptors (Lipinski definition) is 3. The van der Waals surface area contributed by atoms with Crippen molar-refractivity contribution in [3.63, 3.8) is 0 Å². The highest BCUT2D eigenvalue weighted by molar-refractivity contribution is 5.95. The first-order valence-corrected chi connectivity index (χ1v) is 9.32. The fourth-order valence-electron chi connectivity index (χ4n) is 2.73. The summed E-state index contributed by atoms with van der Waals surface area (Å²) in [5, 5.41) is 10.1. The highest BCUT2D eigenvalue weighted by Crippen LogP contribution is 2.18. The fourth-order valence-corrected chi connectivity index (χ4v) is 2.73. The van der Waals surface area contributed by atoms with Gasteiger partial charge in [0.2, 0.25) is 11.8 Å². The molecule has 0 fully saturated rings. The summed E-state index contributed by atoms with van der Waals surface area (Å²) in [7, 11) is 1.35.